The molecular weight excluding hydrogens is 572 g/mol. The predicted molar refractivity (Wildman–Crippen MR) is 173 cm³/mol. The van der Waals surface area contributed by atoms with Gasteiger partial charge in [-0.05, 0) is 42.9 Å². The quantitative estimate of drug-likeness (QED) is 0.190. The molecule has 1 fully saturated rings. The lowest BCUT2D eigenvalue weighted by molar-refractivity contribution is 0.0750. The SMILES string of the molecule is CN1CCN(Cc2ccc3nc(-c4cc(Cl)nn(COCC[Si](C)(C)C)c4=O)n(COCC[Si](C)(C)C)c3c2)CC1. The molecule has 1 aliphatic rings. The Morgan fingerprint density at radius 1 is 0.902 bits per heavy atom. The number of likely N-dealkylation sites (N-methyl/N-ethyl adjacent to an activating group) is 1. The molecule has 0 spiro atoms. The largest absolute Gasteiger partial charge is 0.361 e. The first kappa shape index (κ1) is 32.1. The number of aromatic nitrogens is 4. The summed E-state index contributed by atoms with van der Waals surface area (Å²) in [5, 5.41) is 4.47. The lowest BCUT2D eigenvalue weighted by Gasteiger charge is -2.32. The molecule has 0 saturated carbocycles. The topological polar surface area (TPSA) is 77.7 Å². The van der Waals surface area contributed by atoms with Gasteiger partial charge >= 0.3 is 0 Å². The molecular formula is C29H47ClN6O3Si2. The van der Waals surface area contributed by atoms with Crippen LogP contribution in [0.3, 0.4) is 0 Å². The smallest absolute Gasteiger partial charge is 0.280 e. The van der Waals surface area contributed by atoms with Crippen LogP contribution in [0.5, 0.6) is 0 Å². The zero-order valence-corrected chi connectivity index (χ0v) is 28.6. The molecule has 1 aliphatic heterocycles. The first-order valence-electron chi connectivity index (χ1n) is 14.6. The number of hydrogen-bond acceptors (Lipinski definition) is 7. The highest BCUT2D eigenvalue weighted by atomic mass is 35.5. The third-order valence-corrected chi connectivity index (χ3v) is 11.0. The Morgan fingerprint density at radius 2 is 1.54 bits per heavy atom. The molecule has 0 amide bonds. The van der Waals surface area contributed by atoms with E-state index in [1.807, 2.05) is 10.6 Å². The van der Waals surface area contributed by atoms with Crippen molar-refractivity contribution in [2.24, 2.45) is 0 Å². The average molecular weight is 619 g/mol. The van der Waals surface area contributed by atoms with E-state index in [0.29, 0.717) is 31.3 Å². The molecule has 0 aliphatic carbocycles. The summed E-state index contributed by atoms with van der Waals surface area (Å²) in [6, 6.07) is 10.0. The van der Waals surface area contributed by atoms with Crippen LogP contribution in [0.15, 0.2) is 29.1 Å². The fraction of sp³-hybridized carbons (Fsp3) is 0.621. The highest BCUT2D eigenvalue weighted by molar-refractivity contribution is 6.76. The summed E-state index contributed by atoms with van der Waals surface area (Å²) in [5.41, 5.74) is 3.10. The van der Waals surface area contributed by atoms with Crippen LogP contribution >= 0.6 is 11.6 Å². The average Bonchev–Trinajstić information content (AvgIpc) is 3.24. The number of hydrogen-bond donors (Lipinski definition) is 0. The number of fused-ring (bicyclic) bond motifs is 1. The van der Waals surface area contributed by atoms with Gasteiger partial charge in [0.05, 0.1) is 16.6 Å². The van der Waals surface area contributed by atoms with Crippen molar-refractivity contribution < 1.29 is 9.47 Å². The van der Waals surface area contributed by atoms with Crippen molar-refractivity contribution in [1.82, 2.24) is 29.1 Å². The van der Waals surface area contributed by atoms with Gasteiger partial charge in [0.15, 0.2) is 5.15 Å². The van der Waals surface area contributed by atoms with E-state index in [1.165, 1.54) is 10.2 Å². The van der Waals surface area contributed by atoms with Crippen LogP contribution in [0.2, 0.25) is 56.5 Å². The monoisotopic (exact) mass is 618 g/mol. The molecule has 41 heavy (non-hydrogen) atoms. The standard InChI is InChI=1S/C29H47ClN6O3Si2/c1-33-10-12-34(13-11-33)20-23-8-9-25-26(18-23)35(21-38-14-16-40(2,3)4)28(31-25)24-19-27(30)32-36(29(24)37)22-39-15-17-41(5,6)7/h8-9,18-19H,10-17,20-22H2,1-7H3. The normalized spacial score (nSPS) is 15.7. The maximum absolute atomic E-state index is 13.6. The second-order valence-corrected chi connectivity index (χ2v) is 25.3. The predicted octanol–water partition coefficient (Wildman–Crippen LogP) is 5.29. The molecule has 0 unspecified atom stereocenters. The number of ether oxygens (including phenoxy) is 2. The minimum absolute atomic E-state index is 0.0545. The van der Waals surface area contributed by atoms with Gasteiger partial charge in [-0.3, -0.25) is 14.3 Å². The highest BCUT2D eigenvalue weighted by Crippen LogP contribution is 2.26. The number of halogens is 1. The van der Waals surface area contributed by atoms with Crippen LogP contribution in [-0.4, -0.2) is 91.7 Å². The molecule has 3 aromatic rings. The Kier molecular flexibility index (Phi) is 10.6. The minimum atomic E-state index is -1.25. The van der Waals surface area contributed by atoms with E-state index < -0.39 is 16.1 Å². The molecule has 3 heterocycles. The Labute approximate surface area is 251 Å². The molecule has 0 atom stereocenters. The Morgan fingerprint density at radius 3 is 2.17 bits per heavy atom. The van der Waals surface area contributed by atoms with Crippen molar-refractivity contribution in [3.05, 3.63) is 45.3 Å². The van der Waals surface area contributed by atoms with Crippen LogP contribution in [0.4, 0.5) is 0 Å². The lowest BCUT2D eigenvalue weighted by Crippen LogP contribution is -2.43. The van der Waals surface area contributed by atoms with Crippen LogP contribution in [-0.2, 0) is 29.5 Å². The fourth-order valence-electron chi connectivity index (χ4n) is 4.69. The maximum Gasteiger partial charge on any atom is 0.280 e. The summed E-state index contributed by atoms with van der Waals surface area (Å²) in [5.74, 6) is 0.537. The van der Waals surface area contributed by atoms with Crippen LogP contribution in [0, 0.1) is 0 Å². The van der Waals surface area contributed by atoms with E-state index in [9.17, 15) is 4.79 Å². The molecule has 226 valence electrons. The van der Waals surface area contributed by atoms with E-state index in [1.54, 1.807) is 6.07 Å². The van der Waals surface area contributed by atoms with E-state index in [0.717, 1.165) is 55.8 Å². The van der Waals surface area contributed by atoms with Crippen molar-refractivity contribution in [3.8, 4) is 11.4 Å². The summed E-state index contributed by atoms with van der Waals surface area (Å²) in [4.78, 5) is 23.4. The third kappa shape index (κ3) is 9.31. The number of nitrogens with zero attached hydrogens (tertiary/aromatic N) is 6. The first-order valence-corrected chi connectivity index (χ1v) is 22.4. The van der Waals surface area contributed by atoms with Gasteiger partial charge in [-0.25, -0.2) is 9.67 Å². The maximum atomic E-state index is 13.6. The van der Waals surface area contributed by atoms with Gasteiger partial charge in [-0.15, -0.1) is 0 Å². The minimum Gasteiger partial charge on any atom is -0.361 e. The van der Waals surface area contributed by atoms with Crippen molar-refractivity contribution in [2.75, 3.05) is 46.4 Å². The number of benzene rings is 1. The molecule has 1 saturated heterocycles. The van der Waals surface area contributed by atoms with Crippen molar-refractivity contribution in [3.63, 3.8) is 0 Å². The summed E-state index contributed by atoms with van der Waals surface area (Å²) in [7, 11) is -0.329. The van der Waals surface area contributed by atoms with E-state index in [2.05, 4.69) is 73.4 Å². The molecule has 0 N–H and O–H groups in total. The molecule has 0 radical (unpaired) electrons. The number of imidazole rings is 1. The second kappa shape index (κ2) is 13.6. The van der Waals surface area contributed by atoms with E-state index in [-0.39, 0.29) is 17.4 Å². The summed E-state index contributed by atoms with van der Waals surface area (Å²) < 4.78 is 15.4. The van der Waals surface area contributed by atoms with Crippen LogP contribution in [0.25, 0.3) is 22.4 Å². The summed E-state index contributed by atoms with van der Waals surface area (Å²) >= 11 is 6.44. The van der Waals surface area contributed by atoms with Gasteiger partial charge in [0.1, 0.15) is 19.3 Å². The molecule has 2 aromatic heterocycles. The van der Waals surface area contributed by atoms with Crippen molar-refractivity contribution in [2.45, 2.75) is 71.4 Å². The summed E-state index contributed by atoms with van der Waals surface area (Å²) in [6.45, 7) is 20.7. The highest BCUT2D eigenvalue weighted by Gasteiger charge is 2.21. The molecule has 12 heteroatoms. The second-order valence-electron chi connectivity index (χ2n) is 13.6. The van der Waals surface area contributed by atoms with Crippen LogP contribution in [0.1, 0.15) is 5.56 Å². The fourth-order valence-corrected chi connectivity index (χ4v) is 6.40. The lowest BCUT2D eigenvalue weighted by atomic mass is 10.1. The summed E-state index contributed by atoms with van der Waals surface area (Å²) in [6.07, 6.45) is 0. The third-order valence-electron chi connectivity index (χ3n) is 7.43. The van der Waals surface area contributed by atoms with Crippen molar-refractivity contribution in [1.29, 1.82) is 0 Å². The van der Waals surface area contributed by atoms with Crippen LogP contribution < -0.4 is 5.56 Å². The molecule has 0 bridgehead atoms. The van der Waals surface area contributed by atoms with Gasteiger partial charge in [-0.2, -0.15) is 5.10 Å². The van der Waals surface area contributed by atoms with Gasteiger partial charge in [0, 0.05) is 62.1 Å². The van der Waals surface area contributed by atoms with E-state index in [4.69, 9.17) is 26.1 Å². The zero-order valence-electron chi connectivity index (χ0n) is 25.9. The molecule has 1 aromatic carbocycles. The molecule has 9 nitrogen and oxygen atoms in total. The first-order chi connectivity index (χ1) is 19.3. The van der Waals surface area contributed by atoms with Gasteiger partial charge in [-0.1, -0.05) is 56.9 Å². The van der Waals surface area contributed by atoms with E-state index >= 15 is 0 Å². The molecule has 4 rings (SSSR count). The Bertz CT molecular complexity index is 1370. The van der Waals surface area contributed by atoms with Crippen molar-refractivity contribution >= 4 is 38.8 Å². The van der Waals surface area contributed by atoms with Gasteiger partial charge < -0.3 is 14.4 Å². The number of piperazine rings is 1. The zero-order chi connectivity index (χ0) is 29.8. The number of rotatable bonds is 13. The Hall–Kier alpha value is -1.87. The van der Waals surface area contributed by atoms with Gasteiger partial charge in [0.2, 0.25) is 0 Å². The Balaban J connectivity index is 1.65. The van der Waals surface area contributed by atoms with Gasteiger partial charge in [0.25, 0.3) is 5.56 Å².